The molecule has 4 heteroatoms. The fraction of sp³-hybridized carbons (Fsp3) is 0.417. The summed E-state index contributed by atoms with van der Waals surface area (Å²) in [5.41, 5.74) is 6.97. The van der Waals surface area contributed by atoms with Crippen LogP contribution in [0.4, 0.5) is 0 Å². The maximum atomic E-state index is 11.9. The van der Waals surface area contributed by atoms with Gasteiger partial charge in [0.2, 0.25) is 5.91 Å². The molecule has 1 aromatic carbocycles. The number of carbonyl (C=O) groups excluding carboxylic acids is 1. The summed E-state index contributed by atoms with van der Waals surface area (Å²) in [6, 6.07) is 9.71. The Bertz CT molecular complexity index is 355. The van der Waals surface area contributed by atoms with Crippen LogP contribution in [0.15, 0.2) is 30.3 Å². The molecule has 0 radical (unpaired) electrons. The van der Waals surface area contributed by atoms with Gasteiger partial charge in [-0.05, 0) is 5.56 Å². The zero-order chi connectivity index (χ0) is 11.4. The first-order chi connectivity index (χ1) is 7.77. The molecule has 0 bridgehead atoms. The van der Waals surface area contributed by atoms with E-state index in [4.69, 9.17) is 5.73 Å². The molecule has 1 unspecified atom stereocenters. The third-order valence-corrected chi connectivity index (χ3v) is 3.71. The van der Waals surface area contributed by atoms with E-state index in [1.807, 2.05) is 35.2 Å². The average Bonchev–Trinajstić information content (AvgIpc) is 2.46. The average molecular weight is 236 g/mol. The highest BCUT2D eigenvalue weighted by Gasteiger charge is 2.23. The summed E-state index contributed by atoms with van der Waals surface area (Å²) in [5, 5.41) is 0. The number of nitrogens with two attached hydrogens (primary N) is 1. The number of hydrogen-bond donors (Lipinski definition) is 1. The third kappa shape index (κ3) is 2.77. The highest BCUT2D eigenvalue weighted by molar-refractivity contribution is 7.99. The number of nitrogens with zero attached hydrogens (tertiary/aromatic N) is 1. The molecule has 16 heavy (non-hydrogen) atoms. The van der Waals surface area contributed by atoms with E-state index in [1.165, 1.54) is 0 Å². The molecule has 2 N–H and O–H groups in total. The lowest BCUT2D eigenvalue weighted by Crippen LogP contribution is -2.43. The summed E-state index contributed by atoms with van der Waals surface area (Å²) in [4.78, 5) is 13.8. The Kier molecular flexibility index (Phi) is 3.85. The van der Waals surface area contributed by atoms with Crippen molar-refractivity contribution >= 4 is 17.7 Å². The van der Waals surface area contributed by atoms with Gasteiger partial charge in [-0.1, -0.05) is 30.3 Å². The van der Waals surface area contributed by atoms with E-state index in [2.05, 4.69) is 0 Å². The van der Waals surface area contributed by atoms with Gasteiger partial charge in [0.15, 0.2) is 0 Å². The predicted molar refractivity (Wildman–Crippen MR) is 67.2 cm³/mol. The molecule has 1 atom stereocenters. The summed E-state index contributed by atoms with van der Waals surface area (Å²) >= 11 is 1.75. The molecule has 0 spiro atoms. The Morgan fingerprint density at radius 1 is 1.38 bits per heavy atom. The summed E-state index contributed by atoms with van der Waals surface area (Å²) < 4.78 is 0. The van der Waals surface area contributed by atoms with Crippen LogP contribution in [-0.4, -0.2) is 34.9 Å². The summed E-state index contributed by atoms with van der Waals surface area (Å²) in [5.74, 6) is 1.80. The van der Waals surface area contributed by atoms with Gasteiger partial charge in [-0.15, -0.1) is 0 Å². The number of carbonyl (C=O) groups is 1. The van der Waals surface area contributed by atoms with Crippen molar-refractivity contribution in [2.24, 2.45) is 5.73 Å². The van der Waals surface area contributed by atoms with Gasteiger partial charge in [0.05, 0.1) is 6.04 Å². The van der Waals surface area contributed by atoms with E-state index in [1.54, 1.807) is 11.8 Å². The molecule has 1 fully saturated rings. The quantitative estimate of drug-likeness (QED) is 0.836. The van der Waals surface area contributed by atoms with Gasteiger partial charge in [0.1, 0.15) is 0 Å². The molecule has 0 aromatic heterocycles. The standard InChI is InChI=1S/C12H16N2OS/c13-11-9-16-7-6-14(12(11)15)8-10-4-2-1-3-5-10/h1-5,11H,6-9,13H2. The highest BCUT2D eigenvalue weighted by atomic mass is 32.2. The minimum Gasteiger partial charge on any atom is -0.336 e. The Balaban J connectivity index is 2.05. The zero-order valence-corrected chi connectivity index (χ0v) is 9.95. The Labute approximate surface area is 100.0 Å². The Morgan fingerprint density at radius 2 is 2.12 bits per heavy atom. The van der Waals surface area contributed by atoms with Gasteiger partial charge in [-0.25, -0.2) is 0 Å². The number of rotatable bonds is 2. The topological polar surface area (TPSA) is 46.3 Å². The van der Waals surface area contributed by atoms with Gasteiger partial charge in [0.25, 0.3) is 0 Å². The summed E-state index contributed by atoms with van der Waals surface area (Å²) in [7, 11) is 0. The van der Waals surface area contributed by atoms with E-state index in [0.29, 0.717) is 6.54 Å². The van der Waals surface area contributed by atoms with Gasteiger partial charge in [-0.2, -0.15) is 11.8 Å². The van der Waals surface area contributed by atoms with Crippen LogP contribution in [0.1, 0.15) is 5.56 Å². The van der Waals surface area contributed by atoms with Crippen LogP contribution >= 0.6 is 11.8 Å². The third-order valence-electron chi connectivity index (χ3n) is 2.65. The lowest BCUT2D eigenvalue weighted by Gasteiger charge is -2.22. The molecule has 3 nitrogen and oxygen atoms in total. The van der Waals surface area contributed by atoms with Crippen molar-refractivity contribution in [1.82, 2.24) is 4.90 Å². The minimum absolute atomic E-state index is 0.0776. The molecular formula is C12H16N2OS. The maximum absolute atomic E-state index is 11.9. The fourth-order valence-electron chi connectivity index (χ4n) is 1.76. The second-order valence-corrected chi connectivity index (χ2v) is 5.08. The lowest BCUT2D eigenvalue weighted by molar-refractivity contribution is -0.132. The van der Waals surface area contributed by atoms with Crippen molar-refractivity contribution < 1.29 is 4.79 Å². The lowest BCUT2D eigenvalue weighted by atomic mass is 10.2. The molecule has 1 saturated heterocycles. The van der Waals surface area contributed by atoms with Crippen molar-refractivity contribution in [3.63, 3.8) is 0 Å². The first kappa shape index (κ1) is 11.5. The van der Waals surface area contributed by atoms with Crippen molar-refractivity contribution in [3.8, 4) is 0 Å². The molecule has 1 heterocycles. The normalized spacial score (nSPS) is 21.9. The SMILES string of the molecule is NC1CSCCN(Cc2ccccc2)C1=O. The van der Waals surface area contributed by atoms with E-state index >= 15 is 0 Å². The Hall–Kier alpha value is -1.00. The van der Waals surface area contributed by atoms with Crippen molar-refractivity contribution in [2.45, 2.75) is 12.6 Å². The molecule has 2 rings (SSSR count). The highest BCUT2D eigenvalue weighted by Crippen LogP contribution is 2.13. The second kappa shape index (κ2) is 5.37. The van der Waals surface area contributed by atoms with Crippen LogP contribution in [0.2, 0.25) is 0 Å². The van der Waals surface area contributed by atoms with E-state index < -0.39 is 0 Å². The number of hydrogen-bond acceptors (Lipinski definition) is 3. The monoisotopic (exact) mass is 236 g/mol. The molecule has 86 valence electrons. The number of thioether (sulfide) groups is 1. The predicted octanol–water partition coefficient (Wildman–Crippen LogP) is 1.09. The Morgan fingerprint density at radius 3 is 2.88 bits per heavy atom. The van der Waals surface area contributed by atoms with Gasteiger partial charge in [-0.3, -0.25) is 4.79 Å². The minimum atomic E-state index is -0.337. The van der Waals surface area contributed by atoms with Crippen molar-refractivity contribution in [2.75, 3.05) is 18.1 Å². The van der Waals surface area contributed by atoms with Crippen molar-refractivity contribution in [3.05, 3.63) is 35.9 Å². The number of amides is 1. The van der Waals surface area contributed by atoms with E-state index in [0.717, 1.165) is 23.6 Å². The van der Waals surface area contributed by atoms with E-state index in [-0.39, 0.29) is 11.9 Å². The molecular weight excluding hydrogens is 220 g/mol. The maximum Gasteiger partial charge on any atom is 0.240 e. The summed E-state index contributed by atoms with van der Waals surface area (Å²) in [6.07, 6.45) is 0. The van der Waals surface area contributed by atoms with Gasteiger partial charge < -0.3 is 10.6 Å². The molecule has 1 aromatic rings. The second-order valence-electron chi connectivity index (χ2n) is 3.93. The fourth-order valence-corrected chi connectivity index (χ4v) is 2.67. The molecule has 0 aliphatic carbocycles. The molecule has 1 aliphatic heterocycles. The largest absolute Gasteiger partial charge is 0.336 e. The van der Waals surface area contributed by atoms with E-state index in [9.17, 15) is 4.79 Å². The van der Waals surface area contributed by atoms with Gasteiger partial charge >= 0.3 is 0 Å². The smallest absolute Gasteiger partial charge is 0.240 e. The zero-order valence-electron chi connectivity index (χ0n) is 9.13. The van der Waals surface area contributed by atoms with Crippen LogP contribution in [-0.2, 0) is 11.3 Å². The number of benzene rings is 1. The van der Waals surface area contributed by atoms with Crippen LogP contribution < -0.4 is 5.73 Å². The van der Waals surface area contributed by atoms with Crippen LogP contribution in [0.3, 0.4) is 0 Å². The molecule has 0 saturated carbocycles. The van der Waals surface area contributed by atoms with Crippen LogP contribution in [0.25, 0.3) is 0 Å². The van der Waals surface area contributed by atoms with Crippen LogP contribution in [0, 0.1) is 0 Å². The molecule has 1 amide bonds. The van der Waals surface area contributed by atoms with Crippen LogP contribution in [0.5, 0.6) is 0 Å². The first-order valence-corrected chi connectivity index (χ1v) is 6.59. The summed E-state index contributed by atoms with van der Waals surface area (Å²) in [6.45, 7) is 1.47. The van der Waals surface area contributed by atoms with Gasteiger partial charge in [0, 0.05) is 24.6 Å². The molecule has 1 aliphatic rings. The van der Waals surface area contributed by atoms with Crippen molar-refractivity contribution in [1.29, 1.82) is 0 Å². The first-order valence-electron chi connectivity index (χ1n) is 5.43.